The van der Waals surface area contributed by atoms with Gasteiger partial charge in [0.25, 0.3) is 0 Å². The van der Waals surface area contributed by atoms with Crippen molar-refractivity contribution in [3.8, 4) is 22.6 Å². The van der Waals surface area contributed by atoms with E-state index in [0.29, 0.717) is 27.6 Å². The quantitative estimate of drug-likeness (QED) is 0.342. The summed E-state index contributed by atoms with van der Waals surface area (Å²) in [7, 11) is -0.694. The fourth-order valence-corrected chi connectivity index (χ4v) is 5.47. The van der Waals surface area contributed by atoms with Gasteiger partial charge in [0.1, 0.15) is 6.61 Å². The molecule has 1 saturated heterocycles. The Bertz CT molecular complexity index is 1440. The highest BCUT2D eigenvalue weighted by Crippen LogP contribution is 2.45. The standard InChI is InChI=1S/C31H31BClNO6/c1-30(2)31(3,4)40-32(39-30)20(13-19-14-27-28(15-26(19)33)38-18-37-27)16-34-29(35)36-17-25-23-11-7-5-9-21(23)22-10-6-8-12-24(22)25/h5-15,25H,16-18H2,1-4H3,(H,34,35). The molecule has 206 valence electrons. The molecule has 0 spiro atoms. The third-order valence-corrected chi connectivity index (χ3v) is 8.50. The van der Waals surface area contributed by atoms with E-state index in [0.717, 1.165) is 11.1 Å². The molecule has 0 bridgehead atoms. The molecule has 3 aromatic carbocycles. The van der Waals surface area contributed by atoms with E-state index < -0.39 is 24.4 Å². The van der Waals surface area contributed by atoms with Crippen molar-refractivity contribution in [2.45, 2.75) is 44.8 Å². The highest BCUT2D eigenvalue weighted by atomic mass is 35.5. The van der Waals surface area contributed by atoms with Gasteiger partial charge in [0.2, 0.25) is 6.79 Å². The maximum absolute atomic E-state index is 13.0. The number of rotatable bonds is 6. The highest BCUT2D eigenvalue weighted by molar-refractivity contribution is 6.56. The third-order valence-electron chi connectivity index (χ3n) is 8.17. The summed E-state index contributed by atoms with van der Waals surface area (Å²) in [6, 6.07) is 20.0. The van der Waals surface area contributed by atoms with Crippen molar-refractivity contribution in [2.75, 3.05) is 19.9 Å². The lowest BCUT2D eigenvalue weighted by Gasteiger charge is -2.32. The smallest absolute Gasteiger partial charge is 0.454 e. The molecule has 0 aromatic heterocycles. The average Bonchev–Trinajstić information content (AvgIpc) is 3.56. The molecule has 0 unspecified atom stereocenters. The van der Waals surface area contributed by atoms with E-state index >= 15 is 0 Å². The maximum atomic E-state index is 13.0. The summed E-state index contributed by atoms with van der Waals surface area (Å²) in [5.74, 6) is 1.17. The lowest BCUT2D eigenvalue weighted by Crippen LogP contribution is -2.41. The summed E-state index contributed by atoms with van der Waals surface area (Å²) in [5, 5.41) is 3.38. The van der Waals surface area contributed by atoms with Crippen molar-refractivity contribution < 1.29 is 28.3 Å². The van der Waals surface area contributed by atoms with Crippen LogP contribution >= 0.6 is 11.6 Å². The van der Waals surface area contributed by atoms with Crippen LogP contribution in [0.3, 0.4) is 0 Å². The Hall–Kier alpha value is -3.46. The van der Waals surface area contributed by atoms with Crippen LogP contribution in [0.5, 0.6) is 11.5 Å². The van der Waals surface area contributed by atoms with Crippen LogP contribution in [0.1, 0.15) is 50.3 Å². The molecule has 2 heterocycles. The zero-order valence-corrected chi connectivity index (χ0v) is 23.7. The van der Waals surface area contributed by atoms with Crippen LogP contribution in [0.25, 0.3) is 17.2 Å². The molecule has 40 heavy (non-hydrogen) atoms. The van der Waals surface area contributed by atoms with E-state index in [-0.39, 0.29) is 25.9 Å². The van der Waals surface area contributed by atoms with Gasteiger partial charge in [-0.15, -0.1) is 0 Å². The Balaban J connectivity index is 1.19. The molecular formula is C31H31BClNO6. The number of halogens is 1. The van der Waals surface area contributed by atoms with Crippen molar-refractivity contribution in [3.05, 3.63) is 87.8 Å². The fraction of sp³-hybridized carbons (Fsp3) is 0.323. The van der Waals surface area contributed by atoms with Gasteiger partial charge in [0.05, 0.1) is 16.2 Å². The number of nitrogens with one attached hydrogen (secondary N) is 1. The van der Waals surface area contributed by atoms with Crippen molar-refractivity contribution >= 4 is 30.9 Å². The number of hydrogen-bond acceptors (Lipinski definition) is 6. The first-order valence-corrected chi connectivity index (χ1v) is 13.7. The molecule has 7 nitrogen and oxygen atoms in total. The Labute approximate surface area is 239 Å². The van der Waals surface area contributed by atoms with Crippen LogP contribution in [-0.2, 0) is 14.0 Å². The van der Waals surface area contributed by atoms with Crippen molar-refractivity contribution in [3.63, 3.8) is 0 Å². The molecule has 1 fully saturated rings. The molecule has 0 atom stereocenters. The maximum Gasteiger partial charge on any atom is 0.492 e. The van der Waals surface area contributed by atoms with Crippen molar-refractivity contribution in [1.82, 2.24) is 5.32 Å². The van der Waals surface area contributed by atoms with Crippen LogP contribution in [0, 0.1) is 0 Å². The molecule has 1 aliphatic carbocycles. The molecule has 0 saturated carbocycles. The van der Waals surface area contributed by atoms with Gasteiger partial charge >= 0.3 is 13.2 Å². The first-order chi connectivity index (χ1) is 19.1. The lowest BCUT2D eigenvalue weighted by atomic mass is 9.77. The van der Waals surface area contributed by atoms with Crippen LogP contribution in [0.4, 0.5) is 4.79 Å². The normalized spacial score (nSPS) is 18.4. The molecule has 1 N–H and O–H groups in total. The Morgan fingerprint density at radius 1 is 0.975 bits per heavy atom. The van der Waals surface area contributed by atoms with E-state index in [4.69, 9.17) is 35.1 Å². The second-order valence-corrected chi connectivity index (χ2v) is 11.6. The van der Waals surface area contributed by atoms with Gasteiger partial charge in [0.15, 0.2) is 11.5 Å². The molecule has 2 aliphatic heterocycles. The number of amides is 1. The summed E-state index contributed by atoms with van der Waals surface area (Å²) in [4.78, 5) is 13.0. The van der Waals surface area contributed by atoms with Crippen LogP contribution in [0.2, 0.25) is 5.02 Å². The number of ether oxygens (including phenoxy) is 3. The molecule has 3 aromatic rings. The number of carbonyl (C=O) groups excluding carboxylic acids is 1. The van der Waals surface area contributed by atoms with Gasteiger partial charge in [-0.1, -0.05) is 66.2 Å². The Morgan fingerprint density at radius 2 is 1.55 bits per heavy atom. The molecule has 3 aliphatic rings. The SMILES string of the molecule is CC1(C)OB(C(=Cc2cc3c(cc2Cl)OCO3)CNC(=O)OCC2c3ccccc3-c3ccccc32)OC1(C)C. The topological polar surface area (TPSA) is 75.2 Å². The minimum atomic E-state index is -0.694. The third kappa shape index (κ3) is 4.85. The number of alkyl carbamates (subject to hydrolysis) is 1. The minimum absolute atomic E-state index is 0.0244. The molecule has 9 heteroatoms. The minimum Gasteiger partial charge on any atom is -0.454 e. The van der Waals surface area contributed by atoms with Crippen LogP contribution in [-0.4, -0.2) is 44.4 Å². The largest absolute Gasteiger partial charge is 0.492 e. The number of hydrogen-bond donors (Lipinski definition) is 1. The number of carbonyl (C=O) groups is 1. The second kappa shape index (κ2) is 10.2. The summed E-state index contributed by atoms with van der Waals surface area (Å²) in [6.45, 7) is 8.44. The van der Waals surface area contributed by atoms with Gasteiger partial charge in [-0.2, -0.15) is 0 Å². The van der Waals surface area contributed by atoms with Gasteiger partial charge in [-0.05, 0) is 67.1 Å². The van der Waals surface area contributed by atoms with Crippen molar-refractivity contribution in [1.29, 1.82) is 0 Å². The van der Waals surface area contributed by atoms with Crippen molar-refractivity contribution in [2.24, 2.45) is 0 Å². The summed E-state index contributed by atoms with van der Waals surface area (Å²) in [5.41, 5.74) is 4.95. The fourth-order valence-electron chi connectivity index (χ4n) is 5.26. The summed E-state index contributed by atoms with van der Waals surface area (Å²) in [6.07, 6.45) is 1.33. The second-order valence-electron chi connectivity index (χ2n) is 11.2. The molecule has 0 radical (unpaired) electrons. The lowest BCUT2D eigenvalue weighted by molar-refractivity contribution is 0.00578. The van der Waals surface area contributed by atoms with E-state index in [1.807, 2.05) is 64.1 Å². The highest BCUT2D eigenvalue weighted by Gasteiger charge is 2.52. The predicted molar refractivity (Wildman–Crippen MR) is 155 cm³/mol. The van der Waals surface area contributed by atoms with E-state index in [9.17, 15) is 4.79 Å². The van der Waals surface area contributed by atoms with Crippen LogP contribution < -0.4 is 14.8 Å². The molecule has 6 rings (SSSR count). The zero-order valence-electron chi connectivity index (χ0n) is 23.0. The zero-order chi connectivity index (χ0) is 28.1. The average molecular weight is 560 g/mol. The van der Waals surface area contributed by atoms with Gasteiger partial charge in [0, 0.05) is 18.5 Å². The molecular weight excluding hydrogens is 529 g/mol. The van der Waals surface area contributed by atoms with Crippen LogP contribution in [0.15, 0.2) is 66.1 Å². The van der Waals surface area contributed by atoms with Gasteiger partial charge < -0.3 is 28.8 Å². The predicted octanol–water partition coefficient (Wildman–Crippen LogP) is 6.62. The summed E-state index contributed by atoms with van der Waals surface area (Å²) < 4.78 is 29.3. The number of benzene rings is 3. The monoisotopic (exact) mass is 559 g/mol. The molecule has 1 amide bonds. The summed E-state index contributed by atoms with van der Waals surface area (Å²) >= 11 is 6.56. The first kappa shape index (κ1) is 26.8. The van der Waals surface area contributed by atoms with E-state index in [1.54, 1.807) is 6.07 Å². The Kier molecular flexibility index (Phi) is 6.81. The first-order valence-electron chi connectivity index (χ1n) is 13.4. The van der Waals surface area contributed by atoms with Gasteiger partial charge in [-0.3, -0.25) is 0 Å². The van der Waals surface area contributed by atoms with E-state index in [2.05, 4.69) is 29.6 Å². The number of fused-ring (bicyclic) bond motifs is 4. The van der Waals surface area contributed by atoms with E-state index in [1.165, 1.54) is 11.1 Å². The Morgan fingerprint density at radius 3 is 2.17 bits per heavy atom. The van der Waals surface area contributed by atoms with Gasteiger partial charge in [-0.25, -0.2) is 4.79 Å².